The van der Waals surface area contributed by atoms with E-state index in [2.05, 4.69) is 26.8 Å². The largest absolute Gasteiger partial charge is 3.00 e. The fraction of sp³-hybridized carbons (Fsp3) is 0.556. The van der Waals surface area contributed by atoms with Crippen molar-refractivity contribution < 1.29 is 37.5 Å². The van der Waals surface area contributed by atoms with Gasteiger partial charge in [0, 0.05) is 0 Å². The zero-order valence-electron chi connectivity index (χ0n) is 7.68. The van der Waals surface area contributed by atoms with Crippen molar-refractivity contribution >= 4 is 6.29 Å². The summed E-state index contributed by atoms with van der Waals surface area (Å²) in [6, 6.07) is 0. The molecule has 0 fully saturated rings. The van der Waals surface area contributed by atoms with Crippen LogP contribution < -0.4 is 0 Å². The molecule has 0 aromatic carbocycles. The Kier molecular flexibility index (Phi) is 26.9. The zero-order chi connectivity index (χ0) is 8.41. The van der Waals surface area contributed by atoms with Gasteiger partial charge < -0.3 is 11.2 Å². The molecular formula is C9H16OY+. The number of rotatable bonds is 3. The predicted octanol–water partition coefficient (Wildman–Crippen LogP) is 2.68. The Hall–Kier alpha value is 0.514. The summed E-state index contributed by atoms with van der Waals surface area (Å²) in [6.45, 7) is 9.12. The van der Waals surface area contributed by atoms with Crippen molar-refractivity contribution in [3.63, 3.8) is 0 Å². The minimum absolute atomic E-state index is 0. The molecule has 0 aromatic rings. The first kappa shape index (κ1) is 17.6. The monoisotopic (exact) mass is 229 g/mol. The summed E-state index contributed by atoms with van der Waals surface area (Å²) in [5.41, 5.74) is 0.449. The van der Waals surface area contributed by atoms with Gasteiger partial charge >= 0.3 is 32.7 Å². The summed E-state index contributed by atoms with van der Waals surface area (Å²) < 4.78 is 0. The van der Waals surface area contributed by atoms with E-state index in [4.69, 9.17) is 0 Å². The van der Waals surface area contributed by atoms with Crippen LogP contribution in [0, 0.1) is 6.42 Å². The molecule has 0 radical (unpaired) electrons. The third-order valence-corrected chi connectivity index (χ3v) is 0.752. The Morgan fingerprint density at radius 1 is 1.64 bits per heavy atom. The second-order valence-corrected chi connectivity index (χ2v) is 2.08. The van der Waals surface area contributed by atoms with Crippen molar-refractivity contribution in [1.82, 2.24) is 0 Å². The first-order chi connectivity index (χ1) is 4.68. The van der Waals surface area contributed by atoms with Crippen molar-refractivity contribution in [2.45, 2.75) is 33.6 Å². The molecule has 0 aromatic heterocycles. The van der Waals surface area contributed by atoms with E-state index in [1.165, 1.54) is 12.8 Å². The molecule has 0 aliphatic rings. The normalized spacial score (nSPS) is 6.82. The molecule has 0 atom stereocenters. The average Bonchev–Trinajstić information content (AvgIpc) is 1.91. The van der Waals surface area contributed by atoms with Gasteiger partial charge in [0.1, 0.15) is 0 Å². The van der Waals surface area contributed by atoms with Gasteiger partial charge in [0.2, 0.25) is 0 Å². The molecule has 0 saturated heterocycles. The van der Waals surface area contributed by atoms with Crippen LogP contribution in [0.4, 0.5) is 0 Å². The van der Waals surface area contributed by atoms with Gasteiger partial charge in [0.05, 0.1) is 0 Å². The summed E-state index contributed by atoms with van der Waals surface area (Å²) in [5, 5.41) is 0. The molecule has 0 rings (SSSR count). The van der Waals surface area contributed by atoms with Gasteiger partial charge in [0.25, 0.3) is 0 Å². The van der Waals surface area contributed by atoms with Gasteiger partial charge in [-0.2, -0.15) is 18.9 Å². The molecule has 0 saturated carbocycles. The molecule has 11 heavy (non-hydrogen) atoms. The number of hydrogen-bond acceptors (Lipinski definition) is 1. The Bertz CT molecular complexity index is 87.6. The molecule has 60 valence electrons. The van der Waals surface area contributed by atoms with E-state index in [-0.39, 0.29) is 32.7 Å². The molecule has 2 heteroatoms. The van der Waals surface area contributed by atoms with Crippen molar-refractivity contribution in [1.29, 1.82) is 0 Å². The fourth-order valence-electron chi connectivity index (χ4n) is 0.289. The van der Waals surface area contributed by atoms with Crippen LogP contribution in [-0.2, 0) is 37.5 Å². The number of hydrogen-bond donors (Lipinski definition) is 0. The third-order valence-electron chi connectivity index (χ3n) is 0.752. The quantitative estimate of drug-likeness (QED) is 0.537. The maximum atomic E-state index is 9.28. The van der Waals surface area contributed by atoms with Gasteiger partial charge in [-0.05, 0) is 6.29 Å². The van der Waals surface area contributed by atoms with Gasteiger partial charge in [-0.15, -0.1) is 0 Å². The van der Waals surface area contributed by atoms with Crippen molar-refractivity contribution in [2.24, 2.45) is 0 Å². The standard InChI is InChI=1S/C5H11.C4H5O.Y/c1-3-5-4-2;1-4(2)3-5;/h3H,4-5H2,1-2H3;1H2,2H3;/q2*-1;+3. The molecule has 0 bridgehead atoms. The Labute approximate surface area is 95.5 Å². The number of allylic oxidation sites excluding steroid dienone is 1. The molecule has 1 nitrogen and oxygen atoms in total. The second-order valence-electron chi connectivity index (χ2n) is 2.08. The summed E-state index contributed by atoms with van der Waals surface area (Å²) in [5.74, 6) is 0. The van der Waals surface area contributed by atoms with Crippen LogP contribution in [0.3, 0.4) is 0 Å². The van der Waals surface area contributed by atoms with Crippen LogP contribution in [0.1, 0.15) is 33.6 Å². The smallest absolute Gasteiger partial charge is 0.419 e. The number of carbonyl (C=O) groups excluding carboxylic acids is 1. The molecule has 0 aliphatic heterocycles. The Balaban J connectivity index is -0.000000107. The fourth-order valence-corrected chi connectivity index (χ4v) is 0.289. The van der Waals surface area contributed by atoms with Crippen LogP contribution in [0.5, 0.6) is 0 Å². The number of unbranched alkanes of at least 4 members (excludes halogenated alkanes) is 2. The molecular weight excluding hydrogens is 213 g/mol. The topological polar surface area (TPSA) is 17.1 Å². The molecule has 0 spiro atoms. The molecule has 0 amide bonds. The van der Waals surface area contributed by atoms with Crippen LogP contribution >= 0.6 is 0 Å². The van der Waals surface area contributed by atoms with E-state index in [1.54, 1.807) is 13.2 Å². The van der Waals surface area contributed by atoms with E-state index in [0.29, 0.717) is 5.57 Å². The maximum Gasteiger partial charge on any atom is 3.00 e. The van der Waals surface area contributed by atoms with Gasteiger partial charge in [-0.25, -0.2) is 6.58 Å². The van der Waals surface area contributed by atoms with Gasteiger partial charge in [-0.3, -0.25) is 0 Å². The van der Waals surface area contributed by atoms with E-state index in [1.807, 2.05) is 0 Å². The van der Waals surface area contributed by atoms with Gasteiger partial charge in [-0.1, -0.05) is 20.3 Å². The summed E-state index contributed by atoms with van der Waals surface area (Å²) >= 11 is 0. The predicted molar refractivity (Wildman–Crippen MR) is 45.4 cm³/mol. The van der Waals surface area contributed by atoms with Crippen LogP contribution in [-0.4, -0.2) is 6.29 Å². The molecule has 0 unspecified atom stereocenters. The average molecular weight is 229 g/mol. The van der Waals surface area contributed by atoms with Crippen LogP contribution in [0.25, 0.3) is 0 Å². The minimum atomic E-state index is 0. The van der Waals surface area contributed by atoms with E-state index in [9.17, 15) is 4.79 Å². The third kappa shape index (κ3) is 37.4. The minimum Gasteiger partial charge on any atom is -0.419 e. The molecule has 0 heterocycles. The van der Waals surface area contributed by atoms with E-state index >= 15 is 0 Å². The maximum absolute atomic E-state index is 9.28. The first-order valence-electron chi connectivity index (χ1n) is 3.50. The first-order valence-corrected chi connectivity index (χ1v) is 3.50. The Morgan fingerprint density at radius 3 is 2.00 bits per heavy atom. The van der Waals surface area contributed by atoms with Crippen LogP contribution in [0.15, 0.2) is 12.2 Å². The summed E-state index contributed by atoms with van der Waals surface area (Å²) in [6.07, 6.45) is 6.32. The Morgan fingerprint density at radius 2 is 2.00 bits per heavy atom. The zero-order valence-corrected chi connectivity index (χ0v) is 10.5. The SMILES string of the molecule is C=C(C)[C-]=O.C[CH-]CCC.[Y+3]. The van der Waals surface area contributed by atoms with Crippen LogP contribution in [0.2, 0.25) is 0 Å². The van der Waals surface area contributed by atoms with Crippen molar-refractivity contribution in [2.75, 3.05) is 0 Å². The molecule has 0 N–H and O–H groups in total. The summed E-state index contributed by atoms with van der Waals surface area (Å²) in [4.78, 5) is 9.28. The van der Waals surface area contributed by atoms with E-state index < -0.39 is 0 Å². The second kappa shape index (κ2) is 16.9. The van der Waals surface area contributed by atoms with E-state index in [0.717, 1.165) is 0 Å². The van der Waals surface area contributed by atoms with Crippen molar-refractivity contribution in [3.8, 4) is 0 Å². The molecule has 0 aliphatic carbocycles. The van der Waals surface area contributed by atoms with Gasteiger partial charge in [0.15, 0.2) is 0 Å². The summed E-state index contributed by atoms with van der Waals surface area (Å²) in [7, 11) is 0. The van der Waals surface area contributed by atoms with Crippen molar-refractivity contribution in [3.05, 3.63) is 18.6 Å².